The van der Waals surface area contributed by atoms with Gasteiger partial charge in [-0.3, -0.25) is 23.5 Å². The Morgan fingerprint density at radius 3 is 1.96 bits per heavy atom. The molecule has 0 fully saturated rings. The number of amides is 1. The number of thiol groups is 1. The highest BCUT2D eigenvalue weighted by atomic mass is 32.1. The minimum atomic E-state index is -0.712. The van der Waals surface area contributed by atoms with Gasteiger partial charge in [0.25, 0.3) is 5.91 Å². The Balaban J connectivity index is 2.44. The number of carbonyl (C=O) groups excluding carboxylic acids is 4. The molecule has 0 bridgehead atoms. The topological polar surface area (TPSA) is 124 Å². The maximum absolute atomic E-state index is 12.9. The van der Waals surface area contributed by atoms with Gasteiger partial charge < -0.3 is 11.5 Å². The second kappa shape index (κ2) is 5.75. The lowest BCUT2D eigenvalue weighted by Gasteiger charge is -2.24. The summed E-state index contributed by atoms with van der Waals surface area (Å²) in [7, 11) is 1.34. The molecule has 8 heteroatoms. The number of ketones is 2. The van der Waals surface area contributed by atoms with E-state index in [1.807, 2.05) is 0 Å². The van der Waals surface area contributed by atoms with E-state index in [-0.39, 0.29) is 44.8 Å². The van der Waals surface area contributed by atoms with Crippen LogP contribution < -0.4 is 11.5 Å². The van der Waals surface area contributed by atoms with Gasteiger partial charge in [-0.25, -0.2) is 0 Å². The maximum atomic E-state index is 12.9. The number of nitrogen functional groups attached to an aromatic ring is 2. The average molecular weight is 355 g/mol. The van der Waals surface area contributed by atoms with Gasteiger partial charge in [0.15, 0.2) is 17.9 Å². The van der Waals surface area contributed by atoms with Crippen molar-refractivity contribution in [1.82, 2.24) is 4.31 Å². The first kappa shape index (κ1) is 16.7. The third-order valence-corrected chi connectivity index (χ3v) is 4.30. The van der Waals surface area contributed by atoms with Crippen LogP contribution in [0.2, 0.25) is 0 Å². The van der Waals surface area contributed by atoms with Crippen LogP contribution in [0.15, 0.2) is 24.3 Å². The molecule has 1 amide bonds. The van der Waals surface area contributed by atoms with Crippen LogP contribution in [0.3, 0.4) is 0 Å². The highest BCUT2D eigenvalue weighted by Crippen LogP contribution is 2.39. The predicted molar refractivity (Wildman–Crippen MR) is 95.0 cm³/mol. The lowest BCUT2D eigenvalue weighted by Crippen LogP contribution is -2.28. The molecule has 4 N–H and O–H groups in total. The number of fused-ring (bicyclic) bond motifs is 2. The molecule has 25 heavy (non-hydrogen) atoms. The molecule has 126 valence electrons. The zero-order valence-electron chi connectivity index (χ0n) is 13.1. The first-order valence-corrected chi connectivity index (χ1v) is 7.56. The van der Waals surface area contributed by atoms with Crippen LogP contribution in [-0.2, 0) is 0 Å². The first-order valence-electron chi connectivity index (χ1n) is 7.16. The summed E-state index contributed by atoms with van der Waals surface area (Å²) in [6.45, 7) is 0. The number of carbonyl (C=O) groups is 4. The molecule has 0 saturated carbocycles. The monoisotopic (exact) mass is 355 g/mol. The molecule has 7 nitrogen and oxygen atoms in total. The summed E-state index contributed by atoms with van der Waals surface area (Å²) >= 11 is 3.90. The summed E-state index contributed by atoms with van der Waals surface area (Å²) in [6, 6.07) is 6.22. The van der Waals surface area contributed by atoms with Crippen LogP contribution in [0.4, 0.5) is 11.4 Å². The van der Waals surface area contributed by atoms with Gasteiger partial charge in [0.05, 0.1) is 33.6 Å². The fourth-order valence-corrected chi connectivity index (χ4v) is 3.04. The number of rotatable bonds is 2. The summed E-state index contributed by atoms with van der Waals surface area (Å²) in [5, 5.41) is 0. The van der Waals surface area contributed by atoms with Crippen molar-refractivity contribution in [3.05, 3.63) is 57.6 Å². The highest BCUT2D eigenvalue weighted by Gasteiger charge is 2.37. The predicted octanol–water partition coefficient (Wildman–Crippen LogP) is 1.36. The van der Waals surface area contributed by atoms with Crippen LogP contribution >= 0.6 is 12.8 Å². The SMILES string of the molecule is CN(S)C(=O)c1c(N)c2c(c(N)c1C=O)C(=O)c1ccccc1C2=O. The van der Waals surface area contributed by atoms with Crippen molar-refractivity contribution < 1.29 is 19.2 Å². The van der Waals surface area contributed by atoms with Gasteiger partial charge in [0.2, 0.25) is 0 Å². The smallest absolute Gasteiger partial charge is 0.266 e. The summed E-state index contributed by atoms with van der Waals surface area (Å²) in [6.07, 6.45) is 0.342. The molecule has 3 rings (SSSR count). The molecular weight excluding hydrogens is 342 g/mol. The largest absolute Gasteiger partial charge is 0.398 e. The number of hydrogen-bond donors (Lipinski definition) is 3. The van der Waals surface area contributed by atoms with Crippen molar-refractivity contribution in [2.24, 2.45) is 0 Å². The number of anilines is 2. The van der Waals surface area contributed by atoms with Gasteiger partial charge in [-0.1, -0.05) is 37.1 Å². The van der Waals surface area contributed by atoms with E-state index in [9.17, 15) is 19.2 Å². The maximum Gasteiger partial charge on any atom is 0.266 e. The number of hydrogen-bond acceptors (Lipinski definition) is 7. The van der Waals surface area contributed by atoms with E-state index in [1.54, 1.807) is 12.1 Å². The highest BCUT2D eigenvalue weighted by molar-refractivity contribution is 7.78. The number of aldehydes is 1. The normalized spacial score (nSPS) is 12.4. The molecule has 0 unspecified atom stereocenters. The van der Waals surface area contributed by atoms with Crippen LogP contribution in [0.1, 0.15) is 52.6 Å². The second-order valence-electron chi connectivity index (χ2n) is 5.52. The Labute approximate surface area is 148 Å². The van der Waals surface area contributed by atoms with Crippen molar-refractivity contribution in [1.29, 1.82) is 0 Å². The van der Waals surface area contributed by atoms with Gasteiger partial charge in [-0.05, 0) is 0 Å². The van der Waals surface area contributed by atoms with Gasteiger partial charge in [0, 0.05) is 18.2 Å². The Bertz CT molecular complexity index is 982. The molecule has 0 radical (unpaired) electrons. The van der Waals surface area contributed by atoms with Crippen molar-refractivity contribution >= 4 is 47.9 Å². The van der Waals surface area contributed by atoms with E-state index in [0.29, 0.717) is 6.29 Å². The van der Waals surface area contributed by atoms with E-state index >= 15 is 0 Å². The molecular formula is C17H13N3O4S. The molecule has 2 aromatic rings. The van der Waals surface area contributed by atoms with Gasteiger partial charge in [-0.15, -0.1) is 0 Å². The quantitative estimate of drug-likeness (QED) is 0.362. The Hall–Kier alpha value is -3.13. The van der Waals surface area contributed by atoms with Crippen LogP contribution in [0.5, 0.6) is 0 Å². The Morgan fingerprint density at radius 2 is 1.52 bits per heavy atom. The summed E-state index contributed by atoms with van der Waals surface area (Å²) in [5.41, 5.74) is 11.1. The van der Waals surface area contributed by atoms with Gasteiger partial charge >= 0.3 is 0 Å². The summed E-state index contributed by atoms with van der Waals surface area (Å²) < 4.78 is 0.910. The minimum absolute atomic E-state index is 0.151. The lowest BCUT2D eigenvalue weighted by atomic mass is 9.79. The second-order valence-corrected chi connectivity index (χ2v) is 6.12. The van der Waals surface area contributed by atoms with E-state index in [1.165, 1.54) is 19.2 Å². The molecule has 1 aliphatic carbocycles. The number of nitrogens with zero attached hydrogens (tertiary/aromatic N) is 1. The minimum Gasteiger partial charge on any atom is -0.398 e. The average Bonchev–Trinajstić information content (AvgIpc) is 2.60. The zero-order chi connectivity index (χ0) is 18.5. The van der Waals surface area contributed by atoms with Crippen molar-refractivity contribution in [3.63, 3.8) is 0 Å². The molecule has 0 aromatic heterocycles. The van der Waals surface area contributed by atoms with E-state index in [4.69, 9.17) is 11.5 Å². The fraction of sp³-hybridized carbons (Fsp3) is 0.0588. The molecule has 0 saturated heterocycles. The van der Waals surface area contributed by atoms with Crippen molar-refractivity contribution in [3.8, 4) is 0 Å². The van der Waals surface area contributed by atoms with Gasteiger partial charge in [-0.2, -0.15) is 0 Å². The molecule has 0 heterocycles. The first-order chi connectivity index (χ1) is 11.8. The summed E-state index contributed by atoms with van der Waals surface area (Å²) in [5.74, 6) is -1.75. The van der Waals surface area contributed by atoms with Crippen molar-refractivity contribution in [2.75, 3.05) is 18.5 Å². The third-order valence-electron chi connectivity index (χ3n) is 4.11. The fourth-order valence-electron chi connectivity index (χ4n) is 2.94. The third kappa shape index (κ3) is 2.22. The lowest BCUT2D eigenvalue weighted by molar-refractivity contribution is 0.0889. The standard InChI is InChI=1S/C17H13N3O4S/c1-20(25)17(24)10-9(6-21)13(18)11-12(14(10)19)16(23)8-5-3-2-4-7(8)15(11)22/h2-6,25H,18-19H2,1H3. The van der Waals surface area contributed by atoms with Crippen LogP contribution in [0.25, 0.3) is 0 Å². The van der Waals surface area contributed by atoms with Crippen molar-refractivity contribution in [2.45, 2.75) is 0 Å². The molecule has 1 aliphatic rings. The molecule has 0 aliphatic heterocycles. The van der Waals surface area contributed by atoms with Gasteiger partial charge in [0.1, 0.15) is 0 Å². The molecule has 2 aromatic carbocycles. The summed E-state index contributed by atoms with van der Waals surface area (Å²) in [4.78, 5) is 49.5. The molecule has 0 atom stereocenters. The molecule has 0 spiro atoms. The van der Waals surface area contributed by atoms with Crippen LogP contribution in [-0.4, -0.2) is 35.1 Å². The number of nitrogens with two attached hydrogens (primary N) is 2. The van der Waals surface area contributed by atoms with E-state index < -0.39 is 17.5 Å². The number of benzene rings is 2. The van der Waals surface area contributed by atoms with Crippen LogP contribution in [0, 0.1) is 0 Å². The Morgan fingerprint density at radius 1 is 1.04 bits per heavy atom. The zero-order valence-corrected chi connectivity index (χ0v) is 14.0. The van der Waals surface area contributed by atoms with E-state index in [0.717, 1.165) is 4.31 Å². The van der Waals surface area contributed by atoms with E-state index in [2.05, 4.69) is 12.8 Å². The Kier molecular flexibility index (Phi) is 3.84.